The van der Waals surface area contributed by atoms with Crippen LogP contribution in [0.4, 0.5) is 4.79 Å². The zero-order valence-electron chi connectivity index (χ0n) is 11.9. The highest BCUT2D eigenvalue weighted by molar-refractivity contribution is 5.71. The van der Waals surface area contributed by atoms with Crippen LogP contribution in [0.2, 0.25) is 0 Å². The predicted molar refractivity (Wildman–Crippen MR) is 67.2 cm³/mol. The van der Waals surface area contributed by atoms with Crippen LogP contribution in [0.5, 0.6) is 0 Å². The van der Waals surface area contributed by atoms with E-state index >= 15 is 0 Å². The minimum Gasteiger partial charge on any atom is -0.469 e. The van der Waals surface area contributed by atoms with Gasteiger partial charge < -0.3 is 14.4 Å². The zero-order chi connectivity index (χ0) is 14.0. The number of likely N-dealkylation sites (tertiary alicyclic amines) is 1. The first kappa shape index (κ1) is 14.8. The van der Waals surface area contributed by atoms with Gasteiger partial charge in [0.15, 0.2) is 0 Å². The number of methoxy groups -OCH3 is 1. The Kier molecular flexibility index (Phi) is 4.24. The van der Waals surface area contributed by atoms with E-state index in [0.29, 0.717) is 19.5 Å². The van der Waals surface area contributed by atoms with Crippen molar-refractivity contribution in [2.24, 2.45) is 5.41 Å². The lowest BCUT2D eigenvalue weighted by Gasteiger charge is -2.26. The van der Waals surface area contributed by atoms with Crippen LogP contribution in [0.3, 0.4) is 0 Å². The Balaban J connectivity index is 2.55. The van der Waals surface area contributed by atoms with Gasteiger partial charge in [-0.2, -0.15) is 0 Å². The highest BCUT2D eigenvalue weighted by Crippen LogP contribution is 2.34. The van der Waals surface area contributed by atoms with Gasteiger partial charge in [0.05, 0.1) is 13.5 Å². The number of amides is 1. The Morgan fingerprint density at radius 1 is 1.33 bits per heavy atom. The summed E-state index contributed by atoms with van der Waals surface area (Å²) in [5.41, 5.74) is -0.692. The number of carbonyl (C=O) groups is 2. The van der Waals surface area contributed by atoms with Crippen LogP contribution in [-0.4, -0.2) is 42.8 Å². The fraction of sp³-hybridized carbons (Fsp3) is 0.846. The average Bonchev–Trinajstić information content (AvgIpc) is 2.58. The van der Waals surface area contributed by atoms with E-state index in [0.717, 1.165) is 6.42 Å². The van der Waals surface area contributed by atoms with Gasteiger partial charge in [0.25, 0.3) is 0 Å². The van der Waals surface area contributed by atoms with E-state index in [1.54, 1.807) is 4.90 Å². The average molecular weight is 257 g/mol. The highest BCUT2D eigenvalue weighted by Gasteiger charge is 2.39. The summed E-state index contributed by atoms with van der Waals surface area (Å²) in [6.45, 7) is 8.69. The lowest BCUT2D eigenvalue weighted by molar-refractivity contribution is -0.143. The van der Waals surface area contributed by atoms with Crippen molar-refractivity contribution in [1.29, 1.82) is 0 Å². The standard InChI is InChI=1S/C13H23NO4/c1-12(2,3)18-11(16)14-7-6-13(4,9-14)8-10(15)17-5/h6-9H2,1-5H3. The molecule has 1 saturated heterocycles. The molecule has 1 amide bonds. The topological polar surface area (TPSA) is 55.8 Å². The van der Waals surface area contributed by atoms with Crippen molar-refractivity contribution in [2.75, 3.05) is 20.2 Å². The van der Waals surface area contributed by atoms with Gasteiger partial charge in [0, 0.05) is 13.1 Å². The van der Waals surface area contributed by atoms with Crippen LogP contribution in [0.25, 0.3) is 0 Å². The minimum atomic E-state index is -0.488. The van der Waals surface area contributed by atoms with Crippen molar-refractivity contribution in [3.8, 4) is 0 Å². The van der Waals surface area contributed by atoms with Gasteiger partial charge in [-0.3, -0.25) is 4.79 Å². The van der Waals surface area contributed by atoms with Gasteiger partial charge in [0.1, 0.15) is 5.60 Å². The summed E-state index contributed by atoms with van der Waals surface area (Å²) in [6.07, 6.45) is 0.820. The van der Waals surface area contributed by atoms with Gasteiger partial charge in [-0.05, 0) is 32.6 Å². The van der Waals surface area contributed by atoms with Crippen molar-refractivity contribution < 1.29 is 19.1 Å². The Labute approximate surface area is 108 Å². The summed E-state index contributed by atoms with van der Waals surface area (Å²) < 4.78 is 10.00. The largest absolute Gasteiger partial charge is 0.469 e. The Morgan fingerprint density at radius 2 is 1.94 bits per heavy atom. The quantitative estimate of drug-likeness (QED) is 0.712. The number of hydrogen-bond donors (Lipinski definition) is 0. The molecule has 18 heavy (non-hydrogen) atoms. The second-order valence-electron chi connectivity index (χ2n) is 6.22. The summed E-state index contributed by atoms with van der Waals surface area (Å²) in [4.78, 5) is 24.9. The maximum absolute atomic E-state index is 11.9. The molecule has 104 valence electrons. The molecule has 1 unspecified atom stereocenters. The smallest absolute Gasteiger partial charge is 0.410 e. The van der Waals surface area contributed by atoms with Crippen LogP contribution < -0.4 is 0 Å². The lowest BCUT2D eigenvalue weighted by atomic mass is 9.86. The van der Waals surface area contributed by atoms with E-state index in [9.17, 15) is 9.59 Å². The summed E-state index contributed by atoms with van der Waals surface area (Å²) in [5, 5.41) is 0. The summed E-state index contributed by atoms with van der Waals surface area (Å²) >= 11 is 0. The van der Waals surface area contributed by atoms with Gasteiger partial charge in [-0.1, -0.05) is 6.92 Å². The minimum absolute atomic E-state index is 0.204. The van der Waals surface area contributed by atoms with E-state index in [1.807, 2.05) is 27.7 Å². The third-order valence-electron chi connectivity index (χ3n) is 3.01. The molecule has 5 heteroatoms. The summed E-state index contributed by atoms with van der Waals surface area (Å²) in [7, 11) is 1.38. The monoisotopic (exact) mass is 257 g/mol. The first-order valence-electron chi connectivity index (χ1n) is 6.20. The van der Waals surface area contributed by atoms with Crippen molar-refractivity contribution in [2.45, 2.75) is 46.1 Å². The number of ether oxygens (including phenoxy) is 2. The molecule has 0 aromatic rings. The molecule has 1 fully saturated rings. The molecule has 1 atom stereocenters. The van der Waals surface area contributed by atoms with E-state index in [2.05, 4.69) is 4.74 Å². The molecule has 0 aromatic carbocycles. The molecule has 5 nitrogen and oxygen atoms in total. The van der Waals surface area contributed by atoms with Crippen LogP contribution >= 0.6 is 0 Å². The van der Waals surface area contributed by atoms with Crippen molar-refractivity contribution in [1.82, 2.24) is 4.90 Å². The van der Waals surface area contributed by atoms with E-state index in [4.69, 9.17) is 4.74 Å². The van der Waals surface area contributed by atoms with Gasteiger partial charge in [0.2, 0.25) is 0 Å². The third-order valence-corrected chi connectivity index (χ3v) is 3.01. The molecule has 0 saturated carbocycles. The normalized spacial score (nSPS) is 23.9. The van der Waals surface area contributed by atoms with Crippen molar-refractivity contribution in [3.05, 3.63) is 0 Å². The number of rotatable bonds is 2. The Bertz CT molecular complexity index is 334. The number of hydrogen-bond acceptors (Lipinski definition) is 4. The van der Waals surface area contributed by atoms with Gasteiger partial charge in [-0.25, -0.2) is 4.79 Å². The molecule has 0 N–H and O–H groups in total. The lowest BCUT2D eigenvalue weighted by Crippen LogP contribution is -2.36. The molecule has 0 spiro atoms. The molecular weight excluding hydrogens is 234 g/mol. The predicted octanol–water partition coefficient (Wildman–Crippen LogP) is 2.20. The molecule has 0 radical (unpaired) electrons. The third kappa shape index (κ3) is 4.20. The van der Waals surface area contributed by atoms with Crippen LogP contribution in [0.1, 0.15) is 40.5 Å². The second-order valence-corrected chi connectivity index (χ2v) is 6.22. The summed E-state index contributed by atoms with van der Waals surface area (Å²) in [6, 6.07) is 0. The molecule has 1 aliphatic heterocycles. The molecule has 0 aromatic heterocycles. The van der Waals surface area contributed by atoms with Crippen LogP contribution in [-0.2, 0) is 14.3 Å². The van der Waals surface area contributed by atoms with Crippen LogP contribution in [0.15, 0.2) is 0 Å². The number of nitrogens with zero attached hydrogens (tertiary/aromatic N) is 1. The SMILES string of the molecule is COC(=O)CC1(C)CCN(C(=O)OC(C)(C)C)C1. The first-order chi connectivity index (χ1) is 8.15. The zero-order valence-corrected chi connectivity index (χ0v) is 11.9. The van der Waals surface area contributed by atoms with Crippen molar-refractivity contribution >= 4 is 12.1 Å². The van der Waals surface area contributed by atoms with Crippen LogP contribution in [0, 0.1) is 5.41 Å². The van der Waals surface area contributed by atoms with Crippen molar-refractivity contribution in [3.63, 3.8) is 0 Å². The fourth-order valence-electron chi connectivity index (χ4n) is 2.07. The Morgan fingerprint density at radius 3 is 2.44 bits per heavy atom. The second kappa shape index (κ2) is 5.16. The molecule has 1 aliphatic rings. The molecule has 1 heterocycles. The molecule has 1 rings (SSSR count). The van der Waals surface area contributed by atoms with Gasteiger partial charge >= 0.3 is 12.1 Å². The van der Waals surface area contributed by atoms with E-state index < -0.39 is 5.60 Å². The highest BCUT2D eigenvalue weighted by atomic mass is 16.6. The maximum Gasteiger partial charge on any atom is 0.410 e. The van der Waals surface area contributed by atoms with Gasteiger partial charge in [-0.15, -0.1) is 0 Å². The molecular formula is C13H23NO4. The van der Waals surface area contributed by atoms with E-state index in [-0.39, 0.29) is 17.5 Å². The number of esters is 1. The Hall–Kier alpha value is -1.26. The maximum atomic E-state index is 11.9. The summed E-state index contributed by atoms with van der Waals surface area (Å²) in [5.74, 6) is -0.233. The van der Waals surface area contributed by atoms with E-state index in [1.165, 1.54) is 7.11 Å². The molecule has 0 bridgehead atoms. The molecule has 0 aliphatic carbocycles. The fourth-order valence-corrected chi connectivity index (χ4v) is 2.07. The number of carbonyl (C=O) groups excluding carboxylic acids is 2. The first-order valence-corrected chi connectivity index (χ1v) is 6.20.